The van der Waals surface area contributed by atoms with Gasteiger partial charge in [-0.15, -0.1) is 0 Å². The number of allylic oxidation sites excluding steroid dienone is 2. The summed E-state index contributed by atoms with van der Waals surface area (Å²) in [6, 6.07) is 4.65. The largest absolute Gasteiger partial charge is 0.406 e. The van der Waals surface area contributed by atoms with Crippen molar-refractivity contribution in [3.05, 3.63) is 56.5 Å². The molecule has 140 valence electrons. The summed E-state index contributed by atoms with van der Waals surface area (Å²) < 4.78 is 1.47. The number of Topliss-reactive ketones (excluding diaryl/α,β-unsaturated/α-hetero) is 1. The second-order valence-electron chi connectivity index (χ2n) is 5.86. The summed E-state index contributed by atoms with van der Waals surface area (Å²) >= 11 is 11.9. The van der Waals surface area contributed by atoms with E-state index in [9.17, 15) is 19.7 Å². The zero-order chi connectivity index (χ0) is 19.7. The number of benzene rings is 1. The molecule has 1 aromatic carbocycles. The van der Waals surface area contributed by atoms with E-state index >= 15 is 0 Å². The van der Waals surface area contributed by atoms with Crippen molar-refractivity contribution in [3.63, 3.8) is 0 Å². The van der Waals surface area contributed by atoms with Crippen LogP contribution in [0.25, 0.3) is 0 Å². The van der Waals surface area contributed by atoms with Crippen molar-refractivity contribution in [2.75, 3.05) is 18.9 Å². The summed E-state index contributed by atoms with van der Waals surface area (Å²) in [5.74, 6) is -1.41. The summed E-state index contributed by atoms with van der Waals surface area (Å²) in [4.78, 5) is 39.3. The maximum atomic E-state index is 11.7. The van der Waals surface area contributed by atoms with Gasteiger partial charge in [0.05, 0.1) is 13.1 Å². The fourth-order valence-corrected chi connectivity index (χ4v) is 3.12. The van der Waals surface area contributed by atoms with E-state index in [1.165, 1.54) is 23.0 Å². The Balaban J connectivity index is 1.97. The minimum absolute atomic E-state index is 0.0475. The summed E-state index contributed by atoms with van der Waals surface area (Å²) in [7, 11) is 1.66. The Kier molecular flexibility index (Phi) is 5.15. The van der Waals surface area contributed by atoms with Crippen LogP contribution in [0, 0.1) is 10.1 Å². The lowest BCUT2D eigenvalue weighted by Crippen LogP contribution is -2.36. The molecule has 2 heterocycles. The number of ketones is 2. The number of anilines is 2. The predicted octanol–water partition coefficient (Wildman–Crippen LogP) is 2.81. The van der Waals surface area contributed by atoms with Gasteiger partial charge in [-0.2, -0.15) is 0 Å². The Labute approximate surface area is 163 Å². The highest BCUT2D eigenvalue weighted by Gasteiger charge is 2.27. The minimum atomic E-state index is -0.626. The smallest absolute Gasteiger partial charge is 0.368 e. The number of likely N-dealkylation sites (N-methyl/N-ethyl adjacent to an activating group) is 1. The van der Waals surface area contributed by atoms with E-state index in [1.54, 1.807) is 24.1 Å². The standard InChI is InChI=1S/C16H13Cl2N5O4/c1-21-7-14(25)13(24)5-12(21)6-22-8-19-15(23(26)27)16(22)20-11-3-9(17)2-10(18)4-11/h2-5,8,20H,6-7H2,1H3. The molecule has 2 aromatic rings. The molecular weight excluding hydrogens is 397 g/mol. The van der Waals surface area contributed by atoms with Gasteiger partial charge in [0.15, 0.2) is 0 Å². The fourth-order valence-electron chi connectivity index (χ4n) is 2.59. The maximum Gasteiger partial charge on any atom is 0.406 e. The summed E-state index contributed by atoms with van der Waals surface area (Å²) in [6.45, 7) is 0.0567. The van der Waals surface area contributed by atoms with Gasteiger partial charge in [-0.1, -0.05) is 23.2 Å². The van der Waals surface area contributed by atoms with Crippen LogP contribution >= 0.6 is 23.2 Å². The van der Waals surface area contributed by atoms with Crippen LogP contribution in [0.1, 0.15) is 0 Å². The van der Waals surface area contributed by atoms with Gasteiger partial charge in [-0.25, -0.2) is 0 Å². The van der Waals surface area contributed by atoms with Crippen LogP contribution in [0.5, 0.6) is 0 Å². The summed E-state index contributed by atoms with van der Waals surface area (Å²) in [5.41, 5.74) is 0.966. The highest BCUT2D eigenvalue weighted by molar-refractivity contribution is 6.43. The number of hydrogen-bond donors (Lipinski definition) is 1. The summed E-state index contributed by atoms with van der Waals surface area (Å²) in [6.07, 6.45) is 2.50. The number of imidazole rings is 1. The molecule has 0 bridgehead atoms. The average Bonchev–Trinajstić information content (AvgIpc) is 2.94. The normalized spacial score (nSPS) is 14.3. The SMILES string of the molecule is CN1CC(=O)C(=O)C=C1Cn1cnc([N+](=O)[O-])c1Nc1cc(Cl)cc(Cl)c1. The Bertz CT molecular complexity index is 965. The molecule has 11 heteroatoms. The molecule has 0 saturated carbocycles. The molecule has 0 fully saturated rings. The quantitative estimate of drug-likeness (QED) is 0.459. The van der Waals surface area contributed by atoms with Crippen LogP contribution in [0.3, 0.4) is 0 Å². The third kappa shape index (κ3) is 4.09. The molecule has 0 aliphatic carbocycles. The monoisotopic (exact) mass is 409 g/mol. The third-order valence-corrected chi connectivity index (χ3v) is 4.33. The first kappa shape index (κ1) is 18.9. The van der Waals surface area contributed by atoms with Crippen molar-refractivity contribution in [2.24, 2.45) is 0 Å². The lowest BCUT2D eigenvalue weighted by molar-refractivity contribution is -0.388. The van der Waals surface area contributed by atoms with Gasteiger partial charge in [-0.3, -0.25) is 14.2 Å². The molecular formula is C16H13Cl2N5O4. The topological polar surface area (TPSA) is 110 Å². The van der Waals surface area contributed by atoms with Gasteiger partial charge in [0.25, 0.3) is 0 Å². The van der Waals surface area contributed by atoms with Crippen molar-refractivity contribution in [1.82, 2.24) is 14.5 Å². The van der Waals surface area contributed by atoms with Gasteiger partial charge >= 0.3 is 5.82 Å². The Morgan fingerprint density at radius 2 is 1.93 bits per heavy atom. The Morgan fingerprint density at radius 1 is 1.26 bits per heavy atom. The first-order valence-electron chi connectivity index (χ1n) is 7.66. The second-order valence-corrected chi connectivity index (χ2v) is 6.74. The van der Waals surface area contributed by atoms with Gasteiger partial charge in [0.1, 0.15) is 0 Å². The van der Waals surface area contributed by atoms with Gasteiger partial charge in [0.2, 0.25) is 23.7 Å². The Morgan fingerprint density at radius 3 is 2.56 bits per heavy atom. The maximum absolute atomic E-state index is 11.7. The fraction of sp³-hybridized carbons (Fsp3) is 0.188. The molecule has 27 heavy (non-hydrogen) atoms. The summed E-state index contributed by atoms with van der Waals surface area (Å²) in [5, 5.41) is 14.9. The van der Waals surface area contributed by atoms with Crippen molar-refractivity contribution in [1.29, 1.82) is 0 Å². The van der Waals surface area contributed by atoms with Crippen molar-refractivity contribution >= 4 is 52.1 Å². The molecule has 0 amide bonds. The highest BCUT2D eigenvalue weighted by atomic mass is 35.5. The first-order valence-corrected chi connectivity index (χ1v) is 8.41. The number of aromatic nitrogens is 2. The number of nitrogens with one attached hydrogen (secondary N) is 1. The third-order valence-electron chi connectivity index (χ3n) is 3.89. The molecule has 0 radical (unpaired) electrons. The molecule has 1 N–H and O–H groups in total. The number of rotatable bonds is 5. The van der Waals surface area contributed by atoms with Crippen LogP contribution in [-0.4, -0.2) is 44.5 Å². The number of nitrogens with zero attached hydrogens (tertiary/aromatic N) is 4. The molecule has 0 saturated heterocycles. The second kappa shape index (κ2) is 7.37. The molecule has 3 rings (SSSR count). The molecule has 1 aliphatic heterocycles. The molecule has 0 unspecified atom stereocenters. The van der Waals surface area contributed by atoms with E-state index in [4.69, 9.17) is 23.2 Å². The van der Waals surface area contributed by atoms with Gasteiger partial charge in [0, 0.05) is 34.6 Å². The zero-order valence-corrected chi connectivity index (χ0v) is 15.5. The molecule has 0 atom stereocenters. The molecule has 1 aliphatic rings. The van der Waals surface area contributed by atoms with E-state index in [-0.39, 0.29) is 18.9 Å². The minimum Gasteiger partial charge on any atom is -0.368 e. The average molecular weight is 410 g/mol. The number of carbonyl (C=O) groups excluding carboxylic acids is 2. The van der Waals surface area contributed by atoms with Crippen LogP contribution in [0.4, 0.5) is 17.3 Å². The predicted molar refractivity (Wildman–Crippen MR) is 99.4 cm³/mol. The number of halogens is 2. The molecule has 9 nitrogen and oxygen atoms in total. The van der Waals surface area contributed by atoms with Crippen LogP contribution in [-0.2, 0) is 16.1 Å². The lowest BCUT2D eigenvalue weighted by atomic mass is 10.1. The van der Waals surface area contributed by atoms with Crippen LogP contribution < -0.4 is 5.32 Å². The zero-order valence-electron chi connectivity index (χ0n) is 14.0. The van der Waals surface area contributed by atoms with Gasteiger partial charge < -0.3 is 20.3 Å². The van der Waals surface area contributed by atoms with Crippen molar-refractivity contribution < 1.29 is 14.5 Å². The lowest BCUT2D eigenvalue weighted by Gasteiger charge is -2.25. The van der Waals surface area contributed by atoms with Crippen LogP contribution in [0.15, 0.2) is 36.3 Å². The number of hydrogen-bond acceptors (Lipinski definition) is 7. The number of nitro groups is 1. The first-order chi connectivity index (χ1) is 12.7. The van der Waals surface area contributed by atoms with Crippen LogP contribution in [0.2, 0.25) is 10.0 Å². The highest BCUT2D eigenvalue weighted by Crippen LogP contribution is 2.30. The van der Waals surface area contributed by atoms with E-state index in [2.05, 4.69) is 10.3 Å². The van der Waals surface area contributed by atoms with Crippen molar-refractivity contribution in [2.45, 2.75) is 6.54 Å². The van der Waals surface area contributed by atoms with E-state index in [1.807, 2.05) is 0 Å². The molecule has 1 aromatic heterocycles. The Hall–Kier alpha value is -2.91. The van der Waals surface area contributed by atoms with Gasteiger partial charge in [-0.05, 0) is 28.1 Å². The number of carbonyl (C=O) groups is 2. The van der Waals surface area contributed by atoms with E-state index < -0.39 is 22.3 Å². The van der Waals surface area contributed by atoms with Crippen molar-refractivity contribution in [3.8, 4) is 0 Å². The molecule has 0 spiro atoms. The van der Waals surface area contributed by atoms with E-state index in [0.717, 1.165) is 0 Å². The van der Waals surface area contributed by atoms with E-state index in [0.29, 0.717) is 21.4 Å².